The summed E-state index contributed by atoms with van der Waals surface area (Å²) in [6, 6.07) is 8.92. The number of aryl methyl sites for hydroxylation is 2. The van der Waals surface area contributed by atoms with Crippen LogP contribution >= 0.6 is 0 Å². The molecular weight excluding hydrogens is 168 g/mol. The fourth-order valence-corrected chi connectivity index (χ4v) is 1.59. The van der Waals surface area contributed by atoms with Crippen molar-refractivity contribution in [3.63, 3.8) is 0 Å². The molecule has 0 heterocycles. The molecule has 1 aromatic carbocycles. The Kier molecular flexibility index (Phi) is 4.45. The van der Waals surface area contributed by atoms with E-state index in [1.165, 1.54) is 29.5 Å². The first kappa shape index (κ1) is 11.0. The summed E-state index contributed by atoms with van der Waals surface area (Å²) in [6.07, 6.45) is 4.66. The van der Waals surface area contributed by atoms with Gasteiger partial charge in [0, 0.05) is 0 Å². The van der Waals surface area contributed by atoms with E-state index in [0.29, 0.717) is 0 Å². The van der Waals surface area contributed by atoms with E-state index < -0.39 is 0 Å². The van der Waals surface area contributed by atoms with E-state index in [1.54, 1.807) is 0 Å². The van der Waals surface area contributed by atoms with Gasteiger partial charge in [-0.25, -0.2) is 0 Å². The van der Waals surface area contributed by atoms with E-state index >= 15 is 0 Å². The van der Waals surface area contributed by atoms with Gasteiger partial charge in [-0.1, -0.05) is 43.2 Å². The van der Waals surface area contributed by atoms with Gasteiger partial charge < -0.3 is 0 Å². The van der Waals surface area contributed by atoms with Crippen LogP contribution in [0.3, 0.4) is 0 Å². The Balaban J connectivity index is 2.58. The van der Waals surface area contributed by atoms with Crippen LogP contribution in [-0.2, 0) is 12.8 Å². The van der Waals surface area contributed by atoms with E-state index in [1.807, 2.05) is 0 Å². The molecule has 0 radical (unpaired) electrons. The molecule has 1 rings (SSSR count). The molecule has 0 saturated heterocycles. The molecule has 1 aromatic rings. The summed E-state index contributed by atoms with van der Waals surface area (Å²) >= 11 is 0. The van der Waals surface area contributed by atoms with Crippen LogP contribution in [0.1, 0.15) is 37.8 Å². The van der Waals surface area contributed by atoms with Gasteiger partial charge in [0.15, 0.2) is 0 Å². The average Bonchev–Trinajstić information content (AvgIpc) is 2.16. The van der Waals surface area contributed by atoms with Crippen LogP contribution in [0.25, 0.3) is 0 Å². The molecule has 0 aliphatic heterocycles. The van der Waals surface area contributed by atoms with E-state index in [-0.39, 0.29) is 0 Å². The van der Waals surface area contributed by atoms with E-state index in [9.17, 15) is 0 Å². The van der Waals surface area contributed by atoms with Crippen LogP contribution in [0.4, 0.5) is 0 Å². The molecule has 0 atom stereocenters. The van der Waals surface area contributed by atoms with Gasteiger partial charge >= 0.3 is 0 Å². The highest BCUT2D eigenvalue weighted by Crippen LogP contribution is 2.11. The maximum absolute atomic E-state index is 3.93. The Morgan fingerprint density at radius 1 is 1.21 bits per heavy atom. The van der Waals surface area contributed by atoms with Crippen molar-refractivity contribution in [2.75, 3.05) is 0 Å². The summed E-state index contributed by atoms with van der Waals surface area (Å²) in [5, 5.41) is 0. The lowest BCUT2D eigenvalue weighted by Crippen LogP contribution is -1.89. The average molecular weight is 188 g/mol. The second-order valence-corrected chi connectivity index (χ2v) is 4.03. The van der Waals surface area contributed by atoms with Crippen LogP contribution in [-0.4, -0.2) is 0 Å². The fourth-order valence-electron chi connectivity index (χ4n) is 1.59. The number of rotatable bonds is 5. The van der Waals surface area contributed by atoms with Crippen LogP contribution in [0.2, 0.25) is 0 Å². The lowest BCUT2D eigenvalue weighted by molar-refractivity contribution is 0.904. The topological polar surface area (TPSA) is 0 Å². The molecule has 0 heteroatoms. The highest BCUT2D eigenvalue weighted by atomic mass is 14.0. The zero-order chi connectivity index (χ0) is 10.4. The van der Waals surface area contributed by atoms with E-state index in [2.05, 4.69) is 44.7 Å². The highest BCUT2D eigenvalue weighted by Gasteiger charge is 1.95. The monoisotopic (exact) mass is 188 g/mol. The van der Waals surface area contributed by atoms with Crippen molar-refractivity contribution in [3.8, 4) is 0 Å². The fraction of sp³-hybridized carbons (Fsp3) is 0.429. The second-order valence-electron chi connectivity index (χ2n) is 4.03. The largest absolute Gasteiger partial charge is 0.100 e. The minimum Gasteiger partial charge on any atom is -0.100 e. The SMILES string of the molecule is C=C(C)CCc1cccc(CCC)c1. The zero-order valence-corrected chi connectivity index (χ0v) is 9.34. The minimum absolute atomic E-state index is 1.11. The van der Waals surface area contributed by atoms with Gasteiger partial charge in [0.25, 0.3) is 0 Å². The third-order valence-electron chi connectivity index (χ3n) is 2.37. The van der Waals surface area contributed by atoms with Crippen LogP contribution in [0.5, 0.6) is 0 Å². The Morgan fingerprint density at radius 2 is 1.86 bits per heavy atom. The van der Waals surface area contributed by atoms with Gasteiger partial charge in [-0.15, -0.1) is 6.58 Å². The first-order valence-corrected chi connectivity index (χ1v) is 5.44. The van der Waals surface area contributed by atoms with Gasteiger partial charge in [0.2, 0.25) is 0 Å². The Morgan fingerprint density at radius 3 is 2.43 bits per heavy atom. The lowest BCUT2D eigenvalue weighted by atomic mass is 10.0. The summed E-state index contributed by atoms with van der Waals surface area (Å²) in [7, 11) is 0. The van der Waals surface area contributed by atoms with Crippen molar-refractivity contribution >= 4 is 0 Å². The molecule has 76 valence electrons. The third-order valence-corrected chi connectivity index (χ3v) is 2.37. The normalized spacial score (nSPS) is 10.1. The van der Waals surface area contributed by atoms with Gasteiger partial charge in [-0.2, -0.15) is 0 Å². The molecular formula is C14H20. The molecule has 0 spiro atoms. The molecule has 14 heavy (non-hydrogen) atoms. The van der Waals surface area contributed by atoms with Crippen molar-refractivity contribution in [2.24, 2.45) is 0 Å². The molecule has 0 saturated carbocycles. The molecule has 0 fully saturated rings. The molecule has 0 bridgehead atoms. The summed E-state index contributed by atoms with van der Waals surface area (Å²) < 4.78 is 0. The predicted molar refractivity (Wildman–Crippen MR) is 63.6 cm³/mol. The molecule has 0 aromatic heterocycles. The minimum atomic E-state index is 1.11. The molecule has 0 nitrogen and oxygen atoms in total. The number of allylic oxidation sites excluding steroid dienone is 1. The molecule has 0 aliphatic carbocycles. The van der Waals surface area contributed by atoms with E-state index in [0.717, 1.165) is 12.8 Å². The molecule has 0 aliphatic rings. The van der Waals surface area contributed by atoms with Crippen molar-refractivity contribution < 1.29 is 0 Å². The first-order valence-electron chi connectivity index (χ1n) is 5.44. The third kappa shape index (κ3) is 3.78. The summed E-state index contributed by atoms with van der Waals surface area (Å²) in [6.45, 7) is 8.24. The maximum atomic E-state index is 3.93. The Labute approximate surface area is 87.7 Å². The smallest absolute Gasteiger partial charge is 0.0242 e. The first-order chi connectivity index (χ1) is 6.72. The van der Waals surface area contributed by atoms with Crippen LogP contribution in [0.15, 0.2) is 36.4 Å². The van der Waals surface area contributed by atoms with Crippen molar-refractivity contribution in [2.45, 2.75) is 39.5 Å². The Bertz CT molecular complexity index is 297. The lowest BCUT2D eigenvalue weighted by Gasteiger charge is -2.04. The molecule has 0 amide bonds. The second kappa shape index (κ2) is 5.64. The van der Waals surface area contributed by atoms with Crippen LogP contribution in [0, 0.1) is 0 Å². The molecule has 0 unspecified atom stereocenters. The number of hydrogen-bond donors (Lipinski definition) is 0. The number of benzene rings is 1. The van der Waals surface area contributed by atoms with Crippen molar-refractivity contribution in [1.29, 1.82) is 0 Å². The van der Waals surface area contributed by atoms with Gasteiger partial charge in [0.1, 0.15) is 0 Å². The predicted octanol–water partition coefficient (Wildman–Crippen LogP) is 4.15. The standard InChI is InChI=1S/C14H20/c1-4-6-13-7-5-8-14(11-13)10-9-12(2)3/h5,7-8,11H,2,4,6,9-10H2,1,3H3. The van der Waals surface area contributed by atoms with E-state index in [4.69, 9.17) is 0 Å². The van der Waals surface area contributed by atoms with Crippen molar-refractivity contribution in [1.82, 2.24) is 0 Å². The van der Waals surface area contributed by atoms with Crippen molar-refractivity contribution in [3.05, 3.63) is 47.5 Å². The summed E-state index contributed by atoms with van der Waals surface area (Å²) in [5.74, 6) is 0. The quantitative estimate of drug-likeness (QED) is 0.609. The van der Waals surface area contributed by atoms with Gasteiger partial charge in [-0.3, -0.25) is 0 Å². The highest BCUT2D eigenvalue weighted by molar-refractivity contribution is 5.24. The molecule has 0 N–H and O–H groups in total. The van der Waals surface area contributed by atoms with Crippen LogP contribution < -0.4 is 0 Å². The van der Waals surface area contributed by atoms with Gasteiger partial charge in [0.05, 0.1) is 0 Å². The summed E-state index contributed by atoms with van der Waals surface area (Å²) in [4.78, 5) is 0. The maximum Gasteiger partial charge on any atom is -0.0242 e. The zero-order valence-electron chi connectivity index (χ0n) is 9.34. The Hall–Kier alpha value is -1.04. The number of hydrogen-bond acceptors (Lipinski definition) is 0. The summed E-state index contributed by atoms with van der Waals surface area (Å²) in [5.41, 5.74) is 4.18. The van der Waals surface area contributed by atoms with Gasteiger partial charge in [-0.05, 0) is 37.3 Å².